The zero-order valence-corrected chi connectivity index (χ0v) is 11.4. The molecule has 6 nitrogen and oxygen atoms in total. The topological polar surface area (TPSA) is 73.6 Å². The van der Waals surface area contributed by atoms with Gasteiger partial charge in [-0.05, 0) is 24.6 Å². The second kappa shape index (κ2) is 7.02. The zero-order chi connectivity index (χ0) is 14.4. The third kappa shape index (κ3) is 3.55. The fourth-order valence-corrected chi connectivity index (χ4v) is 1.96. The molecule has 0 spiro atoms. The summed E-state index contributed by atoms with van der Waals surface area (Å²) < 4.78 is 12.3. The van der Waals surface area contributed by atoms with Crippen LogP contribution >= 0.6 is 0 Å². The van der Waals surface area contributed by atoms with Gasteiger partial charge in [0.25, 0.3) is 0 Å². The van der Waals surface area contributed by atoms with E-state index in [1.807, 2.05) is 4.57 Å². The fraction of sp³-hybridized carbons (Fsp3) is 0.429. The molecular formula is C14H18N2O4. The van der Waals surface area contributed by atoms with Crippen LogP contribution in [0.15, 0.2) is 24.5 Å². The molecule has 0 atom stereocenters. The van der Waals surface area contributed by atoms with E-state index in [2.05, 4.69) is 4.98 Å². The largest absolute Gasteiger partial charge is 0.478 e. The number of hydrogen-bond donors (Lipinski definition) is 1. The minimum atomic E-state index is -0.937. The standard InChI is InChI=1S/C14H18N2O4/c1-19-7-8-20-6-2-5-16-10-15-12-9-11(14(17)18)3-4-13(12)16/h3-4,9-10H,2,5-8H2,1H3,(H,17,18). The smallest absolute Gasteiger partial charge is 0.335 e. The lowest BCUT2D eigenvalue weighted by Gasteiger charge is -2.05. The molecule has 2 aromatic rings. The summed E-state index contributed by atoms with van der Waals surface area (Å²) in [6.07, 6.45) is 2.60. The van der Waals surface area contributed by atoms with Crippen LogP contribution in [0.1, 0.15) is 16.8 Å². The number of aromatic nitrogens is 2. The Balaban J connectivity index is 1.92. The number of hydrogen-bond acceptors (Lipinski definition) is 4. The van der Waals surface area contributed by atoms with Crippen molar-refractivity contribution in [1.29, 1.82) is 0 Å². The number of carboxylic acid groups (broad SMARTS) is 1. The summed E-state index contributed by atoms with van der Waals surface area (Å²) in [5, 5.41) is 8.93. The highest BCUT2D eigenvalue weighted by atomic mass is 16.5. The highest BCUT2D eigenvalue weighted by molar-refractivity contribution is 5.92. The van der Waals surface area contributed by atoms with Gasteiger partial charge in [-0.15, -0.1) is 0 Å². The summed E-state index contributed by atoms with van der Waals surface area (Å²) in [4.78, 5) is 15.1. The molecule has 0 radical (unpaired) electrons. The molecule has 0 unspecified atom stereocenters. The molecule has 0 aliphatic rings. The van der Waals surface area contributed by atoms with E-state index >= 15 is 0 Å². The summed E-state index contributed by atoms with van der Waals surface area (Å²) in [5.41, 5.74) is 1.89. The van der Waals surface area contributed by atoms with Crippen LogP contribution in [0.2, 0.25) is 0 Å². The zero-order valence-electron chi connectivity index (χ0n) is 11.4. The Morgan fingerprint density at radius 1 is 1.35 bits per heavy atom. The molecule has 0 saturated carbocycles. The van der Waals surface area contributed by atoms with Crippen LogP contribution in [0, 0.1) is 0 Å². The van der Waals surface area contributed by atoms with Crippen molar-refractivity contribution in [3.05, 3.63) is 30.1 Å². The lowest BCUT2D eigenvalue weighted by molar-refractivity contribution is 0.0681. The van der Waals surface area contributed by atoms with Crippen molar-refractivity contribution in [1.82, 2.24) is 9.55 Å². The van der Waals surface area contributed by atoms with Crippen LogP contribution in [0.4, 0.5) is 0 Å². The van der Waals surface area contributed by atoms with E-state index in [4.69, 9.17) is 14.6 Å². The molecule has 0 aliphatic heterocycles. The number of methoxy groups -OCH3 is 1. The van der Waals surface area contributed by atoms with Crippen molar-refractivity contribution < 1.29 is 19.4 Å². The molecule has 1 aromatic carbocycles. The Labute approximate surface area is 116 Å². The Bertz CT molecular complexity index is 580. The van der Waals surface area contributed by atoms with Crippen molar-refractivity contribution in [3.8, 4) is 0 Å². The minimum Gasteiger partial charge on any atom is -0.478 e. The summed E-state index contributed by atoms with van der Waals surface area (Å²) in [6.45, 7) is 2.65. The van der Waals surface area contributed by atoms with E-state index in [0.29, 0.717) is 25.3 Å². The monoisotopic (exact) mass is 278 g/mol. The highest BCUT2D eigenvalue weighted by Gasteiger charge is 2.07. The van der Waals surface area contributed by atoms with E-state index in [9.17, 15) is 4.79 Å². The number of carboxylic acids is 1. The molecule has 1 N–H and O–H groups in total. The van der Waals surface area contributed by atoms with E-state index in [1.165, 1.54) is 0 Å². The Morgan fingerprint density at radius 2 is 2.20 bits per heavy atom. The average Bonchev–Trinajstić information content (AvgIpc) is 2.85. The molecule has 20 heavy (non-hydrogen) atoms. The number of fused-ring (bicyclic) bond motifs is 1. The first-order valence-electron chi connectivity index (χ1n) is 6.47. The Morgan fingerprint density at radius 3 is 2.95 bits per heavy atom. The first-order valence-corrected chi connectivity index (χ1v) is 6.47. The van der Waals surface area contributed by atoms with Crippen molar-refractivity contribution in [2.45, 2.75) is 13.0 Å². The lowest BCUT2D eigenvalue weighted by Crippen LogP contribution is -2.06. The maximum absolute atomic E-state index is 10.9. The van der Waals surface area contributed by atoms with Crippen molar-refractivity contribution in [3.63, 3.8) is 0 Å². The van der Waals surface area contributed by atoms with Gasteiger partial charge in [0.05, 0.1) is 36.1 Å². The predicted octanol–water partition coefficient (Wildman–Crippen LogP) is 1.79. The van der Waals surface area contributed by atoms with Crippen molar-refractivity contribution in [2.24, 2.45) is 0 Å². The van der Waals surface area contributed by atoms with Gasteiger partial charge < -0.3 is 19.1 Å². The van der Waals surface area contributed by atoms with Crippen molar-refractivity contribution >= 4 is 17.0 Å². The quantitative estimate of drug-likeness (QED) is 0.745. The maximum atomic E-state index is 10.9. The van der Waals surface area contributed by atoms with E-state index < -0.39 is 5.97 Å². The van der Waals surface area contributed by atoms with Crippen molar-refractivity contribution in [2.75, 3.05) is 26.9 Å². The highest BCUT2D eigenvalue weighted by Crippen LogP contribution is 2.15. The van der Waals surface area contributed by atoms with Gasteiger partial charge in [0.2, 0.25) is 0 Å². The summed E-state index contributed by atoms with van der Waals surface area (Å²) >= 11 is 0. The van der Waals surface area contributed by atoms with Crippen LogP contribution in [0.3, 0.4) is 0 Å². The lowest BCUT2D eigenvalue weighted by atomic mass is 10.2. The van der Waals surface area contributed by atoms with Gasteiger partial charge in [0.15, 0.2) is 0 Å². The number of aromatic carboxylic acids is 1. The van der Waals surface area contributed by atoms with E-state index in [1.54, 1.807) is 31.6 Å². The van der Waals surface area contributed by atoms with Crippen LogP contribution in [0.5, 0.6) is 0 Å². The SMILES string of the molecule is COCCOCCCn1cnc2cc(C(=O)O)ccc21. The first kappa shape index (κ1) is 14.5. The number of carbonyl (C=O) groups is 1. The molecule has 0 fully saturated rings. The second-order valence-corrected chi connectivity index (χ2v) is 4.41. The van der Waals surface area contributed by atoms with Crippen LogP contribution in [-0.2, 0) is 16.0 Å². The summed E-state index contributed by atoms with van der Waals surface area (Å²) in [7, 11) is 1.65. The first-order chi connectivity index (χ1) is 9.72. The number of aryl methyl sites for hydroxylation is 1. The summed E-state index contributed by atoms with van der Waals surface area (Å²) in [5.74, 6) is -0.937. The molecule has 6 heteroatoms. The van der Waals surface area contributed by atoms with Gasteiger partial charge in [-0.25, -0.2) is 9.78 Å². The number of ether oxygens (including phenoxy) is 2. The molecule has 0 saturated heterocycles. The summed E-state index contributed by atoms with van der Waals surface area (Å²) in [6, 6.07) is 4.97. The van der Waals surface area contributed by atoms with Gasteiger partial charge in [0.1, 0.15) is 0 Å². The maximum Gasteiger partial charge on any atom is 0.335 e. The molecule has 1 heterocycles. The predicted molar refractivity (Wildman–Crippen MR) is 74.0 cm³/mol. The van der Waals surface area contributed by atoms with Gasteiger partial charge in [-0.1, -0.05) is 0 Å². The van der Waals surface area contributed by atoms with Crippen LogP contribution in [0.25, 0.3) is 11.0 Å². The number of imidazole rings is 1. The number of rotatable bonds is 8. The molecule has 1 aromatic heterocycles. The second-order valence-electron chi connectivity index (χ2n) is 4.41. The average molecular weight is 278 g/mol. The molecule has 108 valence electrons. The molecule has 0 amide bonds. The van der Waals surface area contributed by atoms with Crippen LogP contribution in [-0.4, -0.2) is 47.6 Å². The fourth-order valence-electron chi connectivity index (χ4n) is 1.96. The minimum absolute atomic E-state index is 0.255. The molecule has 0 aliphatic carbocycles. The normalized spacial score (nSPS) is 11.1. The van der Waals surface area contributed by atoms with Gasteiger partial charge in [-0.2, -0.15) is 0 Å². The molecular weight excluding hydrogens is 260 g/mol. The molecule has 0 bridgehead atoms. The van der Waals surface area contributed by atoms with E-state index in [0.717, 1.165) is 18.5 Å². The third-order valence-electron chi connectivity index (χ3n) is 2.99. The Kier molecular flexibility index (Phi) is 5.09. The van der Waals surface area contributed by atoms with Gasteiger partial charge in [-0.3, -0.25) is 0 Å². The number of nitrogens with zero attached hydrogens (tertiary/aromatic N) is 2. The van der Waals surface area contributed by atoms with Gasteiger partial charge in [0, 0.05) is 20.3 Å². The van der Waals surface area contributed by atoms with E-state index in [-0.39, 0.29) is 5.56 Å². The Hall–Kier alpha value is -1.92. The molecule has 2 rings (SSSR count). The van der Waals surface area contributed by atoms with Gasteiger partial charge >= 0.3 is 5.97 Å². The number of benzene rings is 1. The van der Waals surface area contributed by atoms with Crippen LogP contribution < -0.4 is 0 Å². The third-order valence-corrected chi connectivity index (χ3v) is 2.99.